The zero-order chi connectivity index (χ0) is 24.9. The van der Waals surface area contributed by atoms with Crippen molar-refractivity contribution in [1.82, 2.24) is 24.6 Å². The SMILES string of the molecule is C=CC(=O)Nc1cccc(-n2ncc3cnc(Nc4ccc(N5CCN(CCO)CC5)cc4)nc32)c1. The smallest absolute Gasteiger partial charge is 0.247 e. The fourth-order valence-electron chi connectivity index (χ4n) is 4.23. The number of anilines is 4. The van der Waals surface area contributed by atoms with Crippen LogP contribution in [0.1, 0.15) is 0 Å². The molecule has 1 fully saturated rings. The average molecular weight is 485 g/mol. The molecule has 3 N–H and O–H groups in total. The summed E-state index contributed by atoms with van der Waals surface area (Å²) in [5.41, 5.74) is 4.11. The van der Waals surface area contributed by atoms with Crippen molar-refractivity contribution in [1.29, 1.82) is 0 Å². The zero-order valence-electron chi connectivity index (χ0n) is 19.8. The molecule has 0 unspecified atom stereocenters. The minimum absolute atomic E-state index is 0.204. The van der Waals surface area contributed by atoms with E-state index in [0.717, 1.165) is 49.5 Å². The molecular formula is C26H28N8O2. The van der Waals surface area contributed by atoms with E-state index in [-0.39, 0.29) is 12.5 Å². The van der Waals surface area contributed by atoms with Crippen LogP contribution in [0.5, 0.6) is 0 Å². The van der Waals surface area contributed by atoms with E-state index in [2.05, 4.69) is 49.2 Å². The summed E-state index contributed by atoms with van der Waals surface area (Å²) >= 11 is 0. The first-order chi connectivity index (χ1) is 17.6. The number of aliphatic hydroxyl groups is 1. The molecule has 184 valence electrons. The van der Waals surface area contributed by atoms with Crippen molar-refractivity contribution in [3.63, 3.8) is 0 Å². The number of benzene rings is 2. The molecule has 2 aromatic carbocycles. The minimum Gasteiger partial charge on any atom is -0.395 e. The fourth-order valence-corrected chi connectivity index (χ4v) is 4.23. The molecule has 1 aliphatic heterocycles. The third kappa shape index (κ3) is 5.19. The number of rotatable bonds is 8. The third-order valence-electron chi connectivity index (χ3n) is 6.13. The van der Waals surface area contributed by atoms with Crippen molar-refractivity contribution in [3.8, 4) is 5.69 Å². The molecule has 0 atom stereocenters. The highest BCUT2D eigenvalue weighted by Gasteiger charge is 2.16. The predicted octanol–water partition coefficient (Wildman–Crippen LogP) is 2.80. The Morgan fingerprint density at radius 2 is 1.83 bits per heavy atom. The van der Waals surface area contributed by atoms with E-state index in [0.29, 0.717) is 17.3 Å². The lowest BCUT2D eigenvalue weighted by Gasteiger charge is -2.35. The monoisotopic (exact) mass is 484 g/mol. The van der Waals surface area contributed by atoms with Crippen LogP contribution in [0.25, 0.3) is 16.7 Å². The second-order valence-corrected chi connectivity index (χ2v) is 8.50. The highest BCUT2D eigenvalue weighted by molar-refractivity contribution is 5.99. The maximum absolute atomic E-state index is 11.7. The number of nitrogens with one attached hydrogen (secondary N) is 2. The van der Waals surface area contributed by atoms with Gasteiger partial charge in [0.1, 0.15) is 0 Å². The van der Waals surface area contributed by atoms with Gasteiger partial charge in [-0.2, -0.15) is 10.1 Å². The Balaban J connectivity index is 1.31. The van der Waals surface area contributed by atoms with E-state index in [1.807, 2.05) is 30.3 Å². The van der Waals surface area contributed by atoms with Crippen LogP contribution in [0, 0.1) is 0 Å². The molecule has 5 rings (SSSR count). The lowest BCUT2D eigenvalue weighted by molar-refractivity contribution is -0.111. The number of piperazine rings is 1. The highest BCUT2D eigenvalue weighted by atomic mass is 16.3. The highest BCUT2D eigenvalue weighted by Crippen LogP contribution is 2.23. The van der Waals surface area contributed by atoms with Gasteiger partial charge in [-0.1, -0.05) is 12.6 Å². The van der Waals surface area contributed by atoms with Crippen LogP contribution in [-0.4, -0.2) is 75.0 Å². The summed E-state index contributed by atoms with van der Waals surface area (Å²) in [6.45, 7) is 8.20. The van der Waals surface area contributed by atoms with Crippen molar-refractivity contribution in [3.05, 3.63) is 73.6 Å². The molecule has 0 radical (unpaired) electrons. The summed E-state index contributed by atoms with van der Waals surface area (Å²) in [4.78, 5) is 25.4. The molecule has 2 aromatic heterocycles. The van der Waals surface area contributed by atoms with Gasteiger partial charge in [-0.3, -0.25) is 9.69 Å². The number of aliphatic hydroxyl groups excluding tert-OH is 1. The van der Waals surface area contributed by atoms with Crippen LogP contribution in [-0.2, 0) is 4.79 Å². The minimum atomic E-state index is -0.277. The molecule has 0 bridgehead atoms. The first-order valence-corrected chi connectivity index (χ1v) is 11.8. The Kier molecular flexibility index (Phi) is 6.87. The number of hydrogen-bond acceptors (Lipinski definition) is 8. The van der Waals surface area contributed by atoms with Crippen LogP contribution in [0.3, 0.4) is 0 Å². The predicted molar refractivity (Wildman–Crippen MR) is 141 cm³/mol. The summed E-state index contributed by atoms with van der Waals surface area (Å²) in [6.07, 6.45) is 4.67. The van der Waals surface area contributed by atoms with Crippen LogP contribution in [0.4, 0.5) is 23.0 Å². The molecule has 1 amide bonds. The Bertz CT molecular complexity index is 1360. The maximum atomic E-state index is 11.7. The maximum Gasteiger partial charge on any atom is 0.247 e. The number of aromatic nitrogens is 4. The number of amides is 1. The van der Waals surface area contributed by atoms with Crippen LogP contribution in [0.2, 0.25) is 0 Å². The fraction of sp³-hybridized carbons (Fsp3) is 0.231. The number of nitrogens with zero attached hydrogens (tertiary/aromatic N) is 6. The summed E-state index contributed by atoms with van der Waals surface area (Å²) in [5.74, 6) is 0.187. The summed E-state index contributed by atoms with van der Waals surface area (Å²) in [5, 5.41) is 20.4. The zero-order valence-corrected chi connectivity index (χ0v) is 19.8. The Morgan fingerprint density at radius 3 is 2.58 bits per heavy atom. The first kappa shape index (κ1) is 23.5. The molecular weight excluding hydrogens is 456 g/mol. The van der Waals surface area contributed by atoms with Crippen LogP contribution < -0.4 is 15.5 Å². The molecule has 0 aliphatic carbocycles. The number of carbonyl (C=O) groups is 1. The van der Waals surface area contributed by atoms with Crippen molar-refractivity contribution >= 4 is 40.0 Å². The second kappa shape index (κ2) is 10.5. The quantitative estimate of drug-likeness (QED) is 0.328. The van der Waals surface area contributed by atoms with Crippen molar-refractivity contribution in [2.45, 2.75) is 0 Å². The van der Waals surface area contributed by atoms with Crippen molar-refractivity contribution in [2.24, 2.45) is 0 Å². The van der Waals surface area contributed by atoms with Crippen LogP contribution in [0.15, 0.2) is 73.6 Å². The number of fused-ring (bicyclic) bond motifs is 1. The first-order valence-electron chi connectivity index (χ1n) is 11.8. The van der Waals surface area contributed by atoms with Gasteiger partial charge >= 0.3 is 0 Å². The van der Waals surface area contributed by atoms with Gasteiger partial charge in [0, 0.05) is 56.0 Å². The van der Waals surface area contributed by atoms with Gasteiger partial charge in [-0.15, -0.1) is 0 Å². The molecule has 10 heteroatoms. The Labute approximate surface area is 208 Å². The second-order valence-electron chi connectivity index (χ2n) is 8.50. The lowest BCUT2D eigenvalue weighted by Crippen LogP contribution is -2.47. The Hall–Kier alpha value is -4.28. The molecule has 36 heavy (non-hydrogen) atoms. The van der Waals surface area contributed by atoms with E-state index in [1.54, 1.807) is 23.1 Å². The van der Waals surface area contributed by atoms with Gasteiger partial charge in [-0.25, -0.2) is 9.67 Å². The van der Waals surface area contributed by atoms with Gasteiger partial charge in [0.25, 0.3) is 0 Å². The van der Waals surface area contributed by atoms with Gasteiger partial charge in [0.2, 0.25) is 11.9 Å². The Morgan fingerprint density at radius 1 is 1.03 bits per heavy atom. The third-order valence-corrected chi connectivity index (χ3v) is 6.13. The number of hydrogen-bond donors (Lipinski definition) is 3. The van der Waals surface area contributed by atoms with E-state index >= 15 is 0 Å². The molecule has 3 heterocycles. The largest absolute Gasteiger partial charge is 0.395 e. The standard InChI is InChI=1S/C26H28N8O2/c1-2-24(36)29-21-4-3-5-23(16-21)34-25-19(18-28-34)17-27-26(31-25)30-20-6-8-22(9-7-20)33-12-10-32(11-13-33)14-15-35/h2-9,16-18,35H,1,10-15H2,(H,29,36)(H,27,30,31). The van der Waals surface area contributed by atoms with Crippen molar-refractivity contribution < 1.29 is 9.90 Å². The van der Waals surface area contributed by atoms with Gasteiger partial charge in [0.15, 0.2) is 5.65 Å². The summed E-state index contributed by atoms with van der Waals surface area (Å²) in [6, 6.07) is 15.6. The number of β-amino-alcohol motifs (C(OH)–C–C–N with tert-alkyl or cyclic N) is 1. The summed E-state index contributed by atoms with van der Waals surface area (Å²) in [7, 11) is 0. The lowest BCUT2D eigenvalue weighted by atomic mass is 10.2. The molecule has 1 aliphatic rings. The number of carbonyl (C=O) groups excluding carboxylic acids is 1. The van der Waals surface area contributed by atoms with Crippen molar-refractivity contribution in [2.75, 3.05) is 54.9 Å². The normalized spacial score (nSPS) is 14.1. The van der Waals surface area contributed by atoms with Gasteiger partial charge in [-0.05, 0) is 48.5 Å². The van der Waals surface area contributed by atoms with Gasteiger partial charge < -0.3 is 20.6 Å². The van der Waals surface area contributed by atoms with E-state index in [1.165, 1.54) is 11.8 Å². The van der Waals surface area contributed by atoms with E-state index < -0.39 is 0 Å². The molecule has 0 spiro atoms. The van der Waals surface area contributed by atoms with Gasteiger partial charge in [0.05, 0.1) is 23.9 Å². The molecule has 10 nitrogen and oxygen atoms in total. The molecule has 4 aromatic rings. The molecule has 0 saturated carbocycles. The van der Waals surface area contributed by atoms with E-state index in [9.17, 15) is 4.79 Å². The van der Waals surface area contributed by atoms with Crippen LogP contribution >= 0.6 is 0 Å². The van der Waals surface area contributed by atoms with E-state index in [4.69, 9.17) is 10.1 Å². The molecule has 1 saturated heterocycles. The topological polar surface area (TPSA) is 111 Å². The average Bonchev–Trinajstić information content (AvgIpc) is 3.33. The summed E-state index contributed by atoms with van der Waals surface area (Å²) < 4.78 is 1.71.